The number of pyridine rings is 1. The molecule has 1 aromatic heterocycles. The van der Waals surface area contributed by atoms with E-state index in [-0.39, 0.29) is 5.56 Å². The fraction of sp³-hybridized carbons (Fsp3) is 0.182. The van der Waals surface area contributed by atoms with Crippen LogP contribution in [0.3, 0.4) is 0 Å². The van der Waals surface area contributed by atoms with Crippen molar-refractivity contribution in [2.24, 2.45) is 0 Å². The van der Waals surface area contributed by atoms with Crippen molar-refractivity contribution in [3.63, 3.8) is 0 Å². The summed E-state index contributed by atoms with van der Waals surface area (Å²) in [4.78, 5) is 14.2. The molecule has 3 heteroatoms. The molecule has 1 aromatic carbocycles. The minimum absolute atomic E-state index is 0.0705. The zero-order chi connectivity index (χ0) is 10.3. The molecule has 72 valence electrons. The van der Waals surface area contributed by atoms with Gasteiger partial charge in [-0.05, 0) is 35.8 Å². The van der Waals surface area contributed by atoms with Gasteiger partial charge in [0.15, 0.2) is 0 Å². The third kappa shape index (κ3) is 1.38. The number of aromatic nitrogens is 1. The Balaban J connectivity index is 3.02. The molecule has 1 heterocycles. The maximum atomic E-state index is 11.4. The number of aryl methyl sites for hydroxylation is 2. The van der Waals surface area contributed by atoms with Crippen molar-refractivity contribution in [2.45, 2.75) is 13.8 Å². The number of nitrogens with one attached hydrogen (secondary N) is 1. The number of benzene rings is 1. The van der Waals surface area contributed by atoms with Crippen molar-refractivity contribution in [3.05, 3.63) is 44.3 Å². The van der Waals surface area contributed by atoms with Gasteiger partial charge in [0, 0.05) is 16.5 Å². The highest BCUT2D eigenvalue weighted by atomic mass is 79.9. The largest absolute Gasteiger partial charge is 0.325 e. The molecule has 2 aromatic rings. The number of H-pyrrole nitrogens is 1. The first-order valence-corrected chi connectivity index (χ1v) is 5.17. The zero-order valence-corrected chi connectivity index (χ0v) is 9.60. The van der Waals surface area contributed by atoms with Crippen molar-refractivity contribution in [2.75, 3.05) is 0 Å². The molecule has 0 bridgehead atoms. The average Bonchev–Trinajstić information content (AvgIpc) is 2.14. The van der Waals surface area contributed by atoms with E-state index in [9.17, 15) is 4.79 Å². The lowest BCUT2D eigenvalue weighted by molar-refractivity contribution is 1.16. The highest BCUT2D eigenvalue weighted by Gasteiger charge is 2.05. The Kier molecular flexibility index (Phi) is 2.19. The van der Waals surface area contributed by atoms with E-state index in [1.54, 1.807) is 0 Å². The van der Waals surface area contributed by atoms with Crippen LogP contribution in [-0.4, -0.2) is 4.98 Å². The summed E-state index contributed by atoms with van der Waals surface area (Å²) < 4.78 is 0.609. The summed E-state index contributed by atoms with van der Waals surface area (Å²) >= 11 is 3.30. The molecule has 2 rings (SSSR count). The maximum absolute atomic E-state index is 11.4. The second-order valence-corrected chi connectivity index (χ2v) is 4.24. The predicted octanol–water partition coefficient (Wildman–Crippen LogP) is 2.91. The van der Waals surface area contributed by atoms with Gasteiger partial charge in [-0.15, -0.1) is 0 Å². The van der Waals surface area contributed by atoms with Gasteiger partial charge >= 0.3 is 0 Å². The molecular formula is C11H10BrNO. The number of hydrogen-bond acceptors (Lipinski definition) is 1. The molecule has 1 N–H and O–H groups in total. The quantitative estimate of drug-likeness (QED) is 0.768. The van der Waals surface area contributed by atoms with Crippen LogP contribution in [0.25, 0.3) is 10.8 Å². The average molecular weight is 252 g/mol. The monoisotopic (exact) mass is 251 g/mol. The first-order chi connectivity index (χ1) is 6.59. The van der Waals surface area contributed by atoms with Gasteiger partial charge in [0.05, 0.1) is 4.47 Å². The molecule has 0 unspecified atom stereocenters. The van der Waals surface area contributed by atoms with Crippen molar-refractivity contribution in [1.29, 1.82) is 0 Å². The molecule has 0 spiro atoms. The molecule has 0 aliphatic rings. The minimum Gasteiger partial charge on any atom is -0.325 e. The fourth-order valence-electron chi connectivity index (χ4n) is 1.57. The van der Waals surface area contributed by atoms with Crippen LogP contribution in [0.1, 0.15) is 11.3 Å². The van der Waals surface area contributed by atoms with Gasteiger partial charge in [-0.2, -0.15) is 0 Å². The number of rotatable bonds is 0. The molecular weight excluding hydrogens is 242 g/mol. The molecule has 0 radical (unpaired) electrons. The van der Waals surface area contributed by atoms with Crippen LogP contribution >= 0.6 is 15.9 Å². The summed E-state index contributed by atoms with van der Waals surface area (Å²) in [7, 11) is 0. The summed E-state index contributed by atoms with van der Waals surface area (Å²) in [6.07, 6.45) is 0. The number of fused-ring (bicyclic) bond motifs is 1. The van der Waals surface area contributed by atoms with Crippen LogP contribution in [0, 0.1) is 13.8 Å². The van der Waals surface area contributed by atoms with E-state index in [0.717, 1.165) is 16.5 Å². The van der Waals surface area contributed by atoms with Crippen LogP contribution < -0.4 is 5.56 Å². The third-order valence-corrected chi connectivity index (χ3v) is 3.10. The Labute approximate surface area is 90.1 Å². The van der Waals surface area contributed by atoms with Gasteiger partial charge in [-0.25, -0.2) is 0 Å². The summed E-state index contributed by atoms with van der Waals surface area (Å²) in [5, 5.41) is 2.06. The van der Waals surface area contributed by atoms with Crippen LogP contribution in [0.5, 0.6) is 0 Å². The molecule has 0 aliphatic carbocycles. The van der Waals surface area contributed by atoms with Crippen molar-refractivity contribution >= 4 is 26.7 Å². The molecule has 2 nitrogen and oxygen atoms in total. The van der Waals surface area contributed by atoms with Gasteiger partial charge in [-0.1, -0.05) is 17.7 Å². The number of halogens is 1. The molecule has 0 fully saturated rings. The van der Waals surface area contributed by atoms with E-state index < -0.39 is 0 Å². The Hall–Kier alpha value is -1.09. The van der Waals surface area contributed by atoms with Gasteiger partial charge in [-0.3, -0.25) is 4.79 Å². The van der Waals surface area contributed by atoms with E-state index in [1.807, 2.05) is 26.0 Å². The van der Waals surface area contributed by atoms with E-state index in [1.165, 1.54) is 5.56 Å². The van der Waals surface area contributed by atoms with Crippen molar-refractivity contribution in [3.8, 4) is 0 Å². The summed E-state index contributed by atoms with van der Waals surface area (Å²) in [6.45, 7) is 3.95. The smallest absolute Gasteiger partial charge is 0.263 e. The second-order valence-electron chi connectivity index (χ2n) is 3.44. The van der Waals surface area contributed by atoms with Crippen molar-refractivity contribution < 1.29 is 0 Å². The standard InChI is InChI=1S/C11H10BrNO/c1-6-3-4-8-9(5-6)7(2)13-11(14)10(8)12/h3-5H,1-2H3,(H,13,14). The number of aromatic amines is 1. The second kappa shape index (κ2) is 3.24. The summed E-state index contributed by atoms with van der Waals surface area (Å²) in [5.74, 6) is 0. The first-order valence-electron chi connectivity index (χ1n) is 4.38. The Morgan fingerprint density at radius 1 is 1.21 bits per heavy atom. The molecule has 0 amide bonds. The number of hydrogen-bond donors (Lipinski definition) is 1. The molecule has 0 saturated heterocycles. The zero-order valence-electron chi connectivity index (χ0n) is 8.02. The lowest BCUT2D eigenvalue weighted by Gasteiger charge is -2.04. The highest BCUT2D eigenvalue weighted by Crippen LogP contribution is 2.22. The van der Waals surface area contributed by atoms with Crippen LogP contribution in [0.2, 0.25) is 0 Å². The molecule has 0 saturated carbocycles. The van der Waals surface area contributed by atoms with Crippen LogP contribution in [-0.2, 0) is 0 Å². The van der Waals surface area contributed by atoms with Crippen molar-refractivity contribution in [1.82, 2.24) is 4.98 Å². The van der Waals surface area contributed by atoms with Crippen LogP contribution in [0.4, 0.5) is 0 Å². The maximum Gasteiger partial charge on any atom is 0.263 e. The van der Waals surface area contributed by atoms with E-state index >= 15 is 0 Å². The Morgan fingerprint density at radius 2 is 1.93 bits per heavy atom. The molecule has 0 aliphatic heterocycles. The lowest BCUT2D eigenvalue weighted by atomic mass is 10.1. The summed E-state index contributed by atoms with van der Waals surface area (Å²) in [5.41, 5.74) is 2.04. The SMILES string of the molecule is Cc1ccc2c(Br)c(=O)[nH]c(C)c2c1. The van der Waals surface area contributed by atoms with Crippen LogP contribution in [0.15, 0.2) is 27.5 Å². The topological polar surface area (TPSA) is 32.9 Å². The van der Waals surface area contributed by atoms with Gasteiger partial charge in [0.1, 0.15) is 0 Å². The van der Waals surface area contributed by atoms with E-state index in [0.29, 0.717) is 4.47 Å². The highest BCUT2D eigenvalue weighted by molar-refractivity contribution is 9.10. The Morgan fingerprint density at radius 3 is 2.64 bits per heavy atom. The van der Waals surface area contributed by atoms with E-state index in [2.05, 4.69) is 27.0 Å². The minimum atomic E-state index is -0.0705. The normalized spacial score (nSPS) is 10.8. The molecule has 0 atom stereocenters. The molecule has 14 heavy (non-hydrogen) atoms. The van der Waals surface area contributed by atoms with Gasteiger partial charge in [0.25, 0.3) is 5.56 Å². The van der Waals surface area contributed by atoms with Gasteiger partial charge < -0.3 is 4.98 Å². The fourth-order valence-corrected chi connectivity index (χ4v) is 2.02. The predicted molar refractivity (Wildman–Crippen MR) is 61.7 cm³/mol. The lowest BCUT2D eigenvalue weighted by Crippen LogP contribution is -2.08. The van der Waals surface area contributed by atoms with E-state index in [4.69, 9.17) is 0 Å². The third-order valence-electron chi connectivity index (χ3n) is 2.32. The first kappa shape index (κ1) is 9.46. The summed E-state index contributed by atoms with van der Waals surface area (Å²) in [6, 6.07) is 6.05. The Bertz CT molecular complexity index is 557. The van der Waals surface area contributed by atoms with Gasteiger partial charge in [0.2, 0.25) is 0 Å².